The average Bonchev–Trinajstić information content (AvgIpc) is 3.19. The number of aliphatic hydroxyl groups excluding tert-OH is 3. The van der Waals surface area contributed by atoms with Gasteiger partial charge in [0.1, 0.15) is 12.2 Å². The maximum atomic E-state index is 13.8. The fourth-order valence-corrected chi connectivity index (χ4v) is 8.90. The van der Waals surface area contributed by atoms with Crippen molar-refractivity contribution in [1.29, 1.82) is 0 Å². The number of piperidine rings is 2. The van der Waals surface area contributed by atoms with E-state index < -0.39 is 54.7 Å². The van der Waals surface area contributed by atoms with Gasteiger partial charge in [0.05, 0.1) is 43.5 Å². The molecule has 0 amide bonds. The fourth-order valence-electron chi connectivity index (χ4n) is 8.90. The van der Waals surface area contributed by atoms with Crippen molar-refractivity contribution in [2.45, 2.75) is 155 Å². The lowest BCUT2D eigenvalue weighted by molar-refractivity contribution is -0.304. The summed E-state index contributed by atoms with van der Waals surface area (Å²) in [5, 5.41) is 34.2. The fraction of sp³-hybridized carbons (Fsp3) is 0.841. The standard InChI is InChI=1S/C41H71N3O8.C3H6O2/c1-8-35-32(26-44-20-13-10-14-21-44)23-27(2)15-16-33(45)28(3)24-31(17-22-43-18-11-9-12-19-43)40(29(4)34(46)25-36(47)51-35)52-41-39(49)37(42(6)7)38(48)30(5)50-41;1-2-5-3-4/h15-16,23,28-32,34-35,37-41,46,48-49H,8-14,17-22,24-26H2,1-7H3;3H,2H2,1H3/b16-15+,27-23+;/t28?,29?,30-,31?,32?,34?,35?,37-,38+,39-,40?,41-;/m0./s1. The van der Waals surface area contributed by atoms with Crippen LogP contribution in [0.1, 0.15) is 106 Å². The van der Waals surface area contributed by atoms with Crippen LogP contribution in [0.15, 0.2) is 23.8 Å². The lowest BCUT2D eigenvalue weighted by Gasteiger charge is -2.47. The van der Waals surface area contributed by atoms with Crippen molar-refractivity contribution in [2.24, 2.45) is 23.7 Å². The Balaban J connectivity index is 0.00000163. The monoisotopic (exact) mass is 808 g/mol. The minimum absolute atomic E-state index is 0.0270. The molecule has 0 saturated carbocycles. The molecule has 3 saturated heterocycles. The third-order valence-electron chi connectivity index (χ3n) is 12.4. The second-order valence-electron chi connectivity index (χ2n) is 17.1. The van der Waals surface area contributed by atoms with E-state index in [-0.39, 0.29) is 36.1 Å². The zero-order valence-electron chi connectivity index (χ0n) is 36.3. The summed E-state index contributed by atoms with van der Waals surface area (Å²) in [6.45, 7) is 17.9. The minimum Gasteiger partial charge on any atom is -0.468 e. The van der Waals surface area contributed by atoms with E-state index in [1.54, 1.807) is 38.9 Å². The molecule has 0 aromatic heterocycles. The molecule has 0 aromatic carbocycles. The number of allylic oxidation sites excluding steroid dienone is 3. The molecule has 0 aromatic rings. The van der Waals surface area contributed by atoms with Gasteiger partial charge in [-0.2, -0.15) is 0 Å². The zero-order valence-corrected chi connectivity index (χ0v) is 36.3. The largest absolute Gasteiger partial charge is 0.468 e. The summed E-state index contributed by atoms with van der Waals surface area (Å²) in [6.07, 6.45) is 8.49. The summed E-state index contributed by atoms with van der Waals surface area (Å²) in [5.41, 5.74) is 0.954. The van der Waals surface area contributed by atoms with Gasteiger partial charge in [-0.25, -0.2) is 0 Å². The molecule has 57 heavy (non-hydrogen) atoms. The predicted octanol–water partition coefficient (Wildman–Crippen LogP) is 4.36. The van der Waals surface area contributed by atoms with E-state index in [4.69, 9.17) is 14.2 Å². The summed E-state index contributed by atoms with van der Waals surface area (Å²) in [4.78, 5) is 43.3. The molecule has 4 rings (SSSR count). The predicted molar refractivity (Wildman–Crippen MR) is 220 cm³/mol. The number of aliphatic hydroxyl groups is 3. The summed E-state index contributed by atoms with van der Waals surface area (Å²) < 4.78 is 23.2. The first kappa shape index (κ1) is 49.1. The highest BCUT2D eigenvalue weighted by Crippen LogP contribution is 2.35. The Kier molecular flexibility index (Phi) is 21.9. The molecule has 12 atom stereocenters. The molecular formula is C44H77N3O10. The zero-order chi connectivity index (χ0) is 42.1. The number of carbonyl (C=O) groups excluding carboxylic acids is 3. The number of esters is 1. The van der Waals surface area contributed by atoms with Crippen molar-refractivity contribution in [3.8, 4) is 0 Å². The first-order chi connectivity index (χ1) is 27.2. The second kappa shape index (κ2) is 25.4. The Labute approximate surface area is 343 Å². The van der Waals surface area contributed by atoms with Crippen molar-refractivity contribution in [3.05, 3.63) is 23.8 Å². The molecule has 13 heteroatoms. The molecule has 7 unspecified atom stereocenters. The summed E-state index contributed by atoms with van der Waals surface area (Å²) in [7, 11) is 3.60. The molecule has 0 spiro atoms. The number of likely N-dealkylation sites (N-methyl/N-ethyl adjacent to an activating group) is 1. The number of ether oxygens (including phenoxy) is 4. The van der Waals surface area contributed by atoms with Crippen LogP contribution < -0.4 is 0 Å². The van der Waals surface area contributed by atoms with Gasteiger partial charge in [-0.15, -0.1) is 0 Å². The Bertz CT molecular complexity index is 1250. The van der Waals surface area contributed by atoms with Crippen LogP contribution in [-0.4, -0.2) is 157 Å². The quantitative estimate of drug-likeness (QED) is 0.200. The van der Waals surface area contributed by atoms with Crippen LogP contribution in [0.3, 0.4) is 0 Å². The average molecular weight is 808 g/mol. The van der Waals surface area contributed by atoms with Gasteiger partial charge in [0.25, 0.3) is 6.47 Å². The number of ketones is 1. The van der Waals surface area contributed by atoms with Gasteiger partial charge >= 0.3 is 5.97 Å². The third kappa shape index (κ3) is 15.7. The number of hydrogen-bond acceptors (Lipinski definition) is 13. The van der Waals surface area contributed by atoms with E-state index in [1.807, 2.05) is 33.8 Å². The number of likely N-dealkylation sites (tertiary alicyclic amines) is 2. The highest BCUT2D eigenvalue weighted by Gasteiger charge is 2.47. The van der Waals surface area contributed by atoms with Crippen LogP contribution in [-0.2, 0) is 33.3 Å². The van der Waals surface area contributed by atoms with Crippen LogP contribution >= 0.6 is 0 Å². The minimum atomic E-state index is -1.17. The topological polar surface area (TPSA) is 159 Å². The van der Waals surface area contributed by atoms with Crippen LogP contribution in [0.5, 0.6) is 0 Å². The Morgan fingerprint density at radius 3 is 2.11 bits per heavy atom. The number of hydrogen-bond donors (Lipinski definition) is 3. The molecule has 4 heterocycles. The summed E-state index contributed by atoms with van der Waals surface area (Å²) >= 11 is 0. The van der Waals surface area contributed by atoms with Crippen molar-refractivity contribution in [2.75, 3.05) is 60.0 Å². The van der Waals surface area contributed by atoms with Gasteiger partial charge in [0.2, 0.25) is 0 Å². The highest BCUT2D eigenvalue weighted by atomic mass is 16.7. The van der Waals surface area contributed by atoms with Gasteiger partial charge < -0.3 is 49.0 Å². The molecule has 13 nitrogen and oxygen atoms in total. The van der Waals surface area contributed by atoms with E-state index in [2.05, 4.69) is 20.6 Å². The maximum absolute atomic E-state index is 13.8. The van der Waals surface area contributed by atoms with Gasteiger partial charge in [-0.05, 0) is 125 Å². The second-order valence-corrected chi connectivity index (χ2v) is 17.1. The molecule has 0 radical (unpaired) electrons. The van der Waals surface area contributed by atoms with Crippen LogP contribution in [0.4, 0.5) is 0 Å². The number of carbonyl (C=O) groups is 3. The molecule has 328 valence electrons. The highest BCUT2D eigenvalue weighted by molar-refractivity contribution is 5.91. The van der Waals surface area contributed by atoms with Crippen LogP contribution in [0.25, 0.3) is 0 Å². The van der Waals surface area contributed by atoms with Crippen LogP contribution in [0, 0.1) is 23.7 Å². The molecule has 4 aliphatic rings. The van der Waals surface area contributed by atoms with Crippen molar-refractivity contribution >= 4 is 18.2 Å². The Morgan fingerprint density at radius 2 is 1.54 bits per heavy atom. The molecular weight excluding hydrogens is 730 g/mol. The molecule has 0 bridgehead atoms. The van der Waals surface area contributed by atoms with Gasteiger partial charge in [0.15, 0.2) is 12.1 Å². The summed E-state index contributed by atoms with van der Waals surface area (Å²) in [5.74, 6) is -1.58. The van der Waals surface area contributed by atoms with Crippen molar-refractivity contribution < 1.29 is 48.7 Å². The molecule has 3 fully saturated rings. The molecule has 4 aliphatic heterocycles. The Hall–Kier alpha value is -2.23. The van der Waals surface area contributed by atoms with E-state index in [0.717, 1.165) is 70.5 Å². The maximum Gasteiger partial charge on any atom is 0.308 e. The van der Waals surface area contributed by atoms with E-state index in [1.165, 1.54) is 12.8 Å². The number of rotatable bonds is 11. The van der Waals surface area contributed by atoms with Gasteiger partial charge in [-0.1, -0.05) is 51.3 Å². The number of cyclic esters (lactones) is 1. The first-order valence-corrected chi connectivity index (χ1v) is 21.8. The van der Waals surface area contributed by atoms with Crippen LogP contribution in [0.2, 0.25) is 0 Å². The molecule has 0 aliphatic carbocycles. The molecule has 3 N–H and O–H groups in total. The lowest BCUT2D eigenvalue weighted by atomic mass is 9.79. The van der Waals surface area contributed by atoms with E-state index in [0.29, 0.717) is 32.3 Å². The van der Waals surface area contributed by atoms with Gasteiger partial charge in [0, 0.05) is 24.3 Å². The first-order valence-electron chi connectivity index (χ1n) is 21.8. The Morgan fingerprint density at radius 1 is 0.912 bits per heavy atom. The van der Waals surface area contributed by atoms with Gasteiger partial charge in [-0.3, -0.25) is 14.4 Å². The van der Waals surface area contributed by atoms with Crippen molar-refractivity contribution in [3.63, 3.8) is 0 Å². The smallest absolute Gasteiger partial charge is 0.308 e. The van der Waals surface area contributed by atoms with E-state index >= 15 is 0 Å². The lowest BCUT2D eigenvalue weighted by Crippen LogP contribution is -2.63. The SMILES string of the molecule is CCC1OC(=O)CC(O)C(C)C(O[C@@H]2O[C@@H](C)[C@@H](O)[C@H](N(C)C)[C@@H]2O)C(CCN2CCCCC2)CC(C)C(=O)/C=C/C(C)=C/C1CN1CCCCC1.CCOC=O. The normalized spacial score (nSPS) is 37.3. The third-order valence-corrected chi connectivity index (χ3v) is 12.4. The summed E-state index contributed by atoms with van der Waals surface area (Å²) in [6, 6.07) is -0.632. The van der Waals surface area contributed by atoms with Crippen molar-refractivity contribution in [1.82, 2.24) is 14.7 Å². The number of nitrogens with zero attached hydrogens (tertiary/aromatic N) is 3. The van der Waals surface area contributed by atoms with E-state index in [9.17, 15) is 29.7 Å².